The van der Waals surface area contributed by atoms with Crippen LogP contribution >= 0.6 is 0 Å². The lowest BCUT2D eigenvalue weighted by atomic mass is 9.80. The van der Waals surface area contributed by atoms with E-state index in [-0.39, 0.29) is 6.03 Å². The number of aliphatic carboxylic acids is 1. The minimum Gasteiger partial charge on any atom is -0.481 e. The summed E-state index contributed by atoms with van der Waals surface area (Å²) in [7, 11) is 0. The molecule has 2 rings (SSSR count). The van der Waals surface area contributed by atoms with Gasteiger partial charge in [-0.25, -0.2) is 4.79 Å². The van der Waals surface area contributed by atoms with Gasteiger partial charge < -0.3 is 15.3 Å². The highest BCUT2D eigenvalue weighted by molar-refractivity contribution is 5.79. The van der Waals surface area contributed by atoms with Crippen molar-refractivity contribution in [2.45, 2.75) is 52.4 Å². The van der Waals surface area contributed by atoms with Crippen LogP contribution in [0.3, 0.4) is 0 Å². The van der Waals surface area contributed by atoms with Gasteiger partial charge in [-0.2, -0.15) is 0 Å². The van der Waals surface area contributed by atoms with Crippen LogP contribution in [0.1, 0.15) is 52.4 Å². The molecule has 120 valence electrons. The molecule has 1 saturated carbocycles. The Kier molecular flexibility index (Phi) is 5.12. The lowest BCUT2D eigenvalue weighted by Gasteiger charge is -2.30. The van der Waals surface area contributed by atoms with Crippen LogP contribution in [0.5, 0.6) is 0 Å². The number of hydrogen-bond acceptors (Lipinski definition) is 2. The number of carboxylic acid groups (broad SMARTS) is 1. The van der Waals surface area contributed by atoms with Crippen molar-refractivity contribution in [1.29, 1.82) is 0 Å². The maximum atomic E-state index is 12.2. The average molecular weight is 296 g/mol. The lowest BCUT2D eigenvalue weighted by Crippen LogP contribution is -2.43. The van der Waals surface area contributed by atoms with Gasteiger partial charge in [0.25, 0.3) is 0 Å². The van der Waals surface area contributed by atoms with Gasteiger partial charge in [-0.15, -0.1) is 0 Å². The third-order valence-electron chi connectivity index (χ3n) is 5.58. The van der Waals surface area contributed by atoms with Crippen LogP contribution in [0.25, 0.3) is 0 Å². The number of hydrogen-bond donors (Lipinski definition) is 2. The van der Waals surface area contributed by atoms with Crippen LogP contribution in [0.15, 0.2) is 0 Å². The maximum Gasteiger partial charge on any atom is 0.317 e. The molecule has 5 heteroatoms. The average Bonchev–Trinajstić information content (AvgIpc) is 2.92. The van der Waals surface area contributed by atoms with Crippen molar-refractivity contribution >= 4 is 12.0 Å². The maximum absolute atomic E-state index is 12.2. The first kappa shape index (κ1) is 16.1. The second-order valence-electron chi connectivity index (χ2n) is 6.82. The molecule has 2 amide bonds. The summed E-state index contributed by atoms with van der Waals surface area (Å²) < 4.78 is 0. The van der Waals surface area contributed by atoms with Crippen molar-refractivity contribution < 1.29 is 14.7 Å². The first-order valence-electron chi connectivity index (χ1n) is 8.24. The number of likely N-dealkylation sites (tertiary alicyclic amines) is 1. The van der Waals surface area contributed by atoms with Crippen LogP contribution in [0.4, 0.5) is 4.79 Å². The summed E-state index contributed by atoms with van der Waals surface area (Å²) in [5.74, 6) is 0.466. The first-order valence-corrected chi connectivity index (χ1v) is 8.24. The van der Waals surface area contributed by atoms with E-state index in [1.165, 1.54) is 25.7 Å². The highest BCUT2D eigenvalue weighted by atomic mass is 16.4. The molecule has 3 atom stereocenters. The lowest BCUT2D eigenvalue weighted by molar-refractivity contribution is -0.148. The molecule has 0 aromatic rings. The molecule has 2 aliphatic rings. The molecule has 1 heterocycles. The largest absolute Gasteiger partial charge is 0.481 e. The van der Waals surface area contributed by atoms with Crippen molar-refractivity contribution in [1.82, 2.24) is 10.2 Å². The minimum atomic E-state index is -0.777. The molecule has 21 heavy (non-hydrogen) atoms. The normalized spacial score (nSPS) is 33.0. The molecule has 3 unspecified atom stereocenters. The van der Waals surface area contributed by atoms with Gasteiger partial charge >= 0.3 is 12.0 Å². The quantitative estimate of drug-likeness (QED) is 0.838. The van der Waals surface area contributed by atoms with Gasteiger partial charge in [0, 0.05) is 19.6 Å². The Hall–Kier alpha value is -1.26. The smallest absolute Gasteiger partial charge is 0.317 e. The van der Waals surface area contributed by atoms with Gasteiger partial charge in [0.1, 0.15) is 0 Å². The topological polar surface area (TPSA) is 69.6 Å². The molecule has 1 aliphatic heterocycles. The molecule has 5 nitrogen and oxygen atoms in total. The van der Waals surface area contributed by atoms with Gasteiger partial charge in [-0.1, -0.05) is 33.1 Å². The van der Waals surface area contributed by atoms with Crippen LogP contribution in [0, 0.1) is 17.3 Å². The molecule has 2 fully saturated rings. The van der Waals surface area contributed by atoms with E-state index in [0.29, 0.717) is 37.8 Å². The molecule has 0 bridgehead atoms. The zero-order chi connectivity index (χ0) is 15.5. The second-order valence-corrected chi connectivity index (χ2v) is 6.82. The van der Waals surface area contributed by atoms with Crippen molar-refractivity contribution in [2.24, 2.45) is 17.3 Å². The summed E-state index contributed by atoms with van der Waals surface area (Å²) in [6, 6.07) is -0.0932. The van der Waals surface area contributed by atoms with E-state index < -0.39 is 11.4 Å². The van der Waals surface area contributed by atoms with E-state index in [9.17, 15) is 14.7 Å². The summed E-state index contributed by atoms with van der Waals surface area (Å²) in [5.41, 5.74) is -0.741. The van der Waals surface area contributed by atoms with Crippen molar-refractivity contribution in [3.8, 4) is 0 Å². The molecule has 0 radical (unpaired) electrons. The van der Waals surface area contributed by atoms with Crippen LogP contribution in [0.2, 0.25) is 0 Å². The van der Waals surface area contributed by atoms with Gasteiger partial charge in [-0.05, 0) is 31.1 Å². The van der Waals surface area contributed by atoms with Crippen molar-refractivity contribution in [2.75, 3.05) is 19.6 Å². The third-order valence-corrected chi connectivity index (χ3v) is 5.58. The van der Waals surface area contributed by atoms with E-state index in [1.54, 1.807) is 4.90 Å². The molecule has 0 aromatic heterocycles. The highest BCUT2D eigenvalue weighted by Crippen LogP contribution is 2.34. The van der Waals surface area contributed by atoms with Crippen LogP contribution < -0.4 is 5.32 Å². The minimum absolute atomic E-state index is 0.0932. The number of nitrogens with one attached hydrogen (secondary N) is 1. The number of rotatable bonds is 4. The number of nitrogens with zero attached hydrogens (tertiary/aromatic N) is 1. The second kappa shape index (κ2) is 6.67. The SMILES string of the molecule is CCC1(C(=O)O)CCN(C(=O)NCC2CCCCC2C)C1. The number of amides is 2. The molecule has 1 saturated heterocycles. The van der Waals surface area contributed by atoms with Crippen molar-refractivity contribution in [3.05, 3.63) is 0 Å². The summed E-state index contributed by atoms with van der Waals surface area (Å²) in [4.78, 5) is 25.3. The van der Waals surface area contributed by atoms with Crippen LogP contribution in [-0.4, -0.2) is 41.6 Å². The Balaban J connectivity index is 1.83. The Morgan fingerprint density at radius 2 is 2.05 bits per heavy atom. The zero-order valence-corrected chi connectivity index (χ0v) is 13.2. The number of carboxylic acids is 1. The van der Waals surface area contributed by atoms with E-state index in [0.717, 1.165) is 6.54 Å². The van der Waals surface area contributed by atoms with Gasteiger partial charge in [0.15, 0.2) is 0 Å². The number of carbonyl (C=O) groups excluding carboxylic acids is 1. The van der Waals surface area contributed by atoms with E-state index >= 15 is 0 Å². The summed E-state index contributed by atoms with van der Waals surface area (Å²) in [5, 5.41) is 12.4. The van der Waals surface area contributed by atoms with Crippen molar-refractivity contribution in [3.63, 3.8) is 0 Å². The number of carbonyl (C=O) groups is 2. The highest BCUT2D eigenvalue weighted by Gasteiger charge is 2.44. The van der Waals surface area contributed by atoms with E-state index in [1.807, 2.05) is 6.92 Å². The Morgan fingerprint density at radius 1 is 1.33 bits per heavy atom. The fraction of sp³-hybridized carbons (Fsp3) is 0.875. The van der Waals surface area contributed by atoms with E-state index in [2.05, 4.69) is 12.2 Å². The standard InChI is InChI=1S/C16H28N2O3/c1-3-16(14(19)20)8-9-18(11-16)15(21)17-10-13-7-5-4-6-12(13)2/h12-13H,3-11H2,1-2H3,(H,17,21)(H,19,20). The zero-order valence-electron chi connectivity index (χ0n) is 13.2. The Bertz CT molecular complexity index is 399. The van der Waals surface area contributed by atoms with Gasteiger partial charge in [-0.3, -0.25) is 4.79 Å². The fourth-order valence-corrected chi connectivity index (χ4v) is 3.69. The Labute approximate surface area is 127 Å². The molecule has 2 N–H and O–H groups in total. The van der Waals surface area contributed by atoms with Gasteiger partial charge in [0.05, 0.1) is 5.41 Å². The molecule has 0 spiro atoms. The molecular weight excluding hydrogens is 268 g/mol. The summed E-state index contributed by atoms with van der Waals surface area (Å²) in [6.07, 6.45) is 6.14. The van der Waals surface area contributed by atoms with Gasteiger partial charge in [0.2, 0.25) is 0 Å². The number of urea groups is 1. The molecular formula is C16H28N2O3. The summed E-state index contributed by atoms with van der Waals surface area (Å²) in [6.45, 7) is 5.76. The molecule has 0 aromatic carbocycles. The monoisotopic (exact) mass is 296 g/mol. The van der Waals surface area contributed by atoms with E-state index in [4.69, 9.17) is 0 Å². The third kappa shape index (κ3) is 3.50. The fourth-order valence-electron chi connectivity index (χ4n) is 3.69. The first-order chi connectivity index (χ1) is 9.98. The van der Waals surface area contributed by atoms with Crippen LogP contribution in [-0.2, 0) is 4.79 Å². The predicted octanol–water partition coefficient (Wildman–Crippen LogP) is 2.71. The predicted molar refractivity (Wildman–Crippen MR) is 81.1 cm³/mol. The molecule has 1 aliphatic carbocycles. The summed E-state index contributed by atoms with van der Waals surface area (Å²) >= 11 is 0. The Morgan fingerprint density at radius 3 is 2.62 bits per heavy atom.